The Hall–Kier alpha value is -1.36. The van der Waals surface area contributed by atoms with Crippen LogP contribution in [0.15, 0.2) is 10.7 Å². The second-order valence-electron chi connectivity index (χ2n) is 2.15. The van der Waals surface area contributed by atoms with Crippen LogP contribution in [-0.4, -0.2) is 16.2 Å². The molecule has 0 aromatic carbocycles. The summed E-state index contributed by atoms with van der Waals surface area (Å²) in [6, 6.07) is -1.04. The standard InChI is InChI=1S/C6H8N2O3/c1-3-4(2-8-11-3)5(7)6(9)10/h2,5H,7H2,1H3,(H,9,10). The molecular weight excluding hydrogens is 148 g/mol. The van der Waals surface area contributed by atoms with Crippen molar-refractivity contribution in [2.75, 3.05) is 0 Å². The van der Waals surface area contributed by atoms with Gasteiger partial charge in [0.15, 0.2) is 0 Å². The average molecular weight is 156 g/mol. The van der Waals surface area contributed by atoms with Crippen molar-refractivity contribution < 1.29 is 14.4 Å². The number of carboxylic acid groups (broad SMARTS) is 1. The van der Waals surface area contributed by atoms with E-state index in [-0.39, 0.29) is 0 Å². The van der Waals surface area contributed by atoms with Gasteiger partial charge < -0.3 is 15.4 Å². The van der Waals surface area contributed by atoms with Crippen LogP contribution >= 0.6 is 0 Å². The molecule has 1 aromatic rings. The van der Waals surface area contributed by atoms with E-state index in [0.29, 0.717) is 11.3 Å². The van der Waals surface area contributed by atoms with Gasteiger partial charge in [0, 0.05) is 5.56 Å². The van der Waals surface area contributed by atoms with Crippen molar-refractivity contribution >= 4 is 5.97 Å². The van der Waals surface area contributed by atoms with Crippen LogP contribution in [0, 0.1) is 6.92 Å². The summed E-state index contributed by atoms with van der Waals surface area (Å²) in [4.78, 5) is 10.4. The number of carbonyl (C=O) groups is 1. The zero-order valence-corrected chi connectivity index (χ0v) is 5.94. The number of hydrogen-bond donors (Lipinski definition) is 2. The third-order valence-corrected chi connectivity index (χ3v) is 1.39. The van der Waals surface area contributed by atoms with Crippen molar-refractivity contribution in [2.45, 2.75) is 13.0 Å². The van der Waals surface area contributed by atoms with Crippen molar-refractivity contribution in [3.63, 3.8) is 0 Å². The highest BCUT2D eigenvalue weighted by Gasteiger charge is 2.18. The zero-order chi connectivity index (χ0) is 8.43. The fourth-order valence-electron chi connectivity index (χ4n) is 0.738. The van der Waals surface area contributed by atoms with E-state index in [1.54, 1.807) is 6.92 Å². The largest absolute Gasteiger partial charge is 0.480 e. The topological polar surface area (TPSA) is 89.4 Å². The minimum Gasteiger partial charge on any atom is -0.480 e. The maximum Gasteiger partial charge on any atom is 0.325 e. The fourth-order valence-corrected chi connectivity index (χ4v) is 0.738. The van der Waals surface area contributed by atoms with Gasteiger partial charge in [-0.1, -0.05) is 5.16 Å². The molecule has 0 aliphatic carbocycles. The number of carboxylic acids is 1. The summed E-state index contributed by atoms with van der Waals surface area (Å²) in [5, 5.41) is 11.9. The van der Waals surface area contributed by atoms with Gasteiger partial charge in [0.05, 0.1) is 6.20 Å². The second kappa shape index (κ2) is 2.71. The number of rotatable bonds is 2. The molecule has 1 heterocycles. The monoisotopic (exact) mass is 156 g/mol. The molecule has 1 rings (SSSR count). The smallest absolute Gasteiger partial charge is 0.325 e. The van der Waals surface area contributed by atoms with Crippen molar-refractivity contribution in [3.05, 3.63) is 17.5 Å². The van der Waals surface area contributed by atoms with Gasteiger partial charge >= 0.3 is 5.97 Å². The third-order valence-electron chi connectivity index (χ3n) is 1.39. The Balaban J connectivity index is 2.92. The van der Waals surface area contributed by atoms with Crippen LogP contribution in [0.2, 0.25) is 0 Å². The number of nitrogens with zero attached hydrogens (tertiary/aromatic N) is 1. The van der Waals surface area contributed by atoms with Gasteiger partial charge in [-0.25, -0.2) is 0 Å². The molecule has 1 atom stereocenters. The predicted molar refractivity (Wildman–Crippen MR) is 35.8 cm³/mol. The van der Waals surface area contributed by atoms with Crippen LogP contribution in [0.25, 0.3) is 0 Å². The van der Waals surface area contributed by atoms with E-state index in [2.05, 4.69) is 9.68 Å². The van der Waals surface area contributed by atoms with Crippen LogP contribution in [0.4, 0.5) is 0 Å². The molecule has 5 nitrogen and oxygen atoms in total. The van der Waals surface area contributed by atoms with Gasteiger partial charge in [-0.05, 0) is 6.92 Å². The molecule has 0 amide bonds. The lowest BCUT2D eigenvalue weighted by molar-refractivity contribution is -0.138. The molecular formula is C6H8N2O3. The molecule has 0 saturated heterocycles. The van der Waals surface area contributed by atoms with E-state index in [1.807, 2.05) is 0 Å². The van der Waals surface area contributed by atoms with E-state index in [1.165, 1.54) is 6.20 Å². The first-order valence-electron chi connectivity index (χ1n) is 3.02. The number of nitrogens with two attached hydrogens (primary N) is 1. The fraction of sp³-hybridized carbons (Fsp3) is 0.333. The minimum absolute atomic E-state index is 0.414. The summed E-state index contributed by atoms with van der Waals surface area (Å²) in [6.45, 7) is 1.62. The summed E-state index contributed by atoms with van der Waals surface area (Å²) in [5.74, 6) is -0.642. The molecule has 60 valence electrons. The zero-order valence-electron chi connectivity index (χ0n) is 5.94. The van der Waals surface area contributed by atoms with Crippen LogP contribution in [-0.2, 0) is 4.79 Å². The summed E-state index contributed by atoms with van der Waals surface area (Å²) in [5.41, 5.74) is 5.70. The number of aryl methyl sites for hydroxylation is 1. The van der Waals surface area contributed by atoms with Crippen molar-refractivity contribution in [3.8, 4) is 0 Å². The van der Waals surface area contributed by atoms with Gasteiger partial charge in [0.25, 0.3) is 0 Å². The normalized spacial score (nSPS) is 12.9. The number of hydrogen-bond acceptors (Lipinski definition) is 4. The summed E-state index contributed by atoms with van der Waals surface area (Å²) >= 11 is 0. The molecule has 0 bridgehead atoms. The quantitative estimate of drug-likeness (QED) is 0.632. The second-order valence-corrected chi connectivity index (χ2v) is 2.15. The first kappa shape index (κ1) is 7.74. The molecule has 11 heavy (non-hydrogen) atoms. The van der Waals surface area contributed by atoms with Crippen molar-refractivity contribution in [1.29, 1.82) is 0 Å². The Morgan fingerprint density at radius 3 is 2.91 bits per heavy atom. The van der Waals surface area contributed by atoms with Crippen LogP contribution in [0.5, 0.6) is 0 Å². The van der Waals surface area contributed by atoms with E-state index in [4.69, 9.17) is 10.8 Å². The average Bonchev–Trinajstić information content (AvgIpc) is 2.33. The highest BCUT2D eigenvalue weighted by Crippen LogP contribution is 2.13. The minimum atomic E-state index is -1.09. The molecule has 0 aliphatic heterocycles. The first-order chi connectivity index (χ1) is 5.13. The lowest BCUT2D eigenvalue weighted by atomic mass is 10.1. The van der Waals surface area contributed by atoms with Gasteiger partial charge in [-0.15, -0.1) is 0 Å². The van der Waals surface area contributed by atoms with Crippen LogP contribution in [0.1, 0.15) is 17.4 Å². The molecule has 0 saturated carbocycles. The Morgan fingerprint density at radius 1 is 1.91 bits per heavy atom. The lowest BCUT2D eigenvalue weighted by Crippen LogP contribution is -2.20. The lowest BCUT2D eigenvalue weighted by Gasteiger charge is -2.01. The van der Waals surface area contributed by atoms with E-state index >= 15 is 0 Å². The molecule has 1 aromatic heterocycles. The SMILES string of the molecule is Cc1oncc1C(N)C(=O)O. The number of aromatic nitrogens is 1. The Labute approximate surface area is 62.8 Å². The Bertz CT molecular complexity index is 269. The van der Waals surface area contributed by atoms with E-state index in [0.717, 1.165) is 0 Å². The molecule has 0 fully saturated rings. The predicted octanol–water partition coefficient (Wildman–Crippen LogP) is 0.0674. The van der Waals surface area contributed by atoms with Crippen LogP contribution < -0.4 is 5.73 Å². The highest BCUT2D eigenvalue weighted by atomic mass is 16.5. The maximum atomic E-state index is 10.4. The van der Waals surface area contributed by atoms with Crippen LogP contribution in [0.3, 0.4) is 0 Å². The third kappa shape index (κ3) is 1.38. The van der Waals surface area contributed by atoms with Gasteiger partial charge in [-0.3, -0.25) is 4.79 Å². The van der Waals surface area contributed by atoms with Crippen molar-refractivity contribution in [1.82, 2.24) is 5.16 Å². The molecule has 0 aliphatic rings. The first-order valence-corrected chi connectivity index (χ1v) is 3.02. The molecule has 0 radical (unpaired) electrons. The van der Waals surface area contributed by atoms with E-state index in [9.17, 15) is 4.79 Å². The van der Waals surface area contributed by atoms with E-state index < -0.39 is 12.0 Å². The summed E-state index contributed by atoms with van der Waals surface area (Å²) < 4.78 is 4.64. The van der Waals surface area contributed by atoms with Gasteiger partial charge in [-0.2, -0.15) is 0 Å². The van der Waals surface area contributed by atoms with Gasteiger partial charge in [0.2, 0.25) is 0 Å². The summed E-state index contributed by atoms with van der Waals surface area (Å²) in [6.07, 6.45) is 1.31. The Kier molecular flexibility index (Phi) is 1.91. The van der Waals surface area contributed by atoms with Crippen molar-refractivity contribution in [2.24, 2.45) is 5.73 Å². The molecule has 0 spiro atoms. The van der Waals surface area contributed by atoms with Gasteiger partial charge in [0.1, 0.15) is 11.8 Å². The number of aliphatic carboxylic acids is 1. The summed E-state index contributed by atoms with van der Waals surface area (Å²) in [7, 11) is 0. The molecule has 1 unspecified atom stereocenters. The Morgan fingerprint density at radius 2 is 2.55 bits per heavy atom. The maximum absolute atomic E-state index is 10.4. The molecule has 3 N–H and O–H groups in total. The molecule has 5 heteroatoms. The highest BCUT2D eigenvalue weighted by molar-refractivity contribution is 5.75.